The van der Waals surface area contributed by atoms with Crippen LogP contribution in [0.1, 0.15) is 31.9 Å². The highest BCUT2D eigenvalue weighted by atomic mass is 16.5. The molecule has 1 aliphatic rings. The van der Waals surface area contributed by atoms with Crippen molar-refractivity contribution in [2.24, 2.45) is 0 Å². The summed E-state index contributed by atoms with van der Waals surface area (Å²) in [4.78, 5) is 2.28. The summed E-state index contributed by atoms with van der Waals surface area (Å²) in [7, 11) is 0. The van der Waals surface area contributed by atoms with Gasteiger partial charge in [0.2, 0.25) is 0 Å². The lowest BCUT2D eigenvalue weighted by atomic mass is 10.0. The van der Waals surface area contributed by atoms with E-state index in [0.29, 0.717) is 12.6 Å². The third-order valence-electron chi connectivity index (χ3n) is 3.86. The molecule has 2 unspecified atom stereocenters. The summed E-state index contributed by atoms with van der Waals surface area (Å²) in [5.41, 5.74) is 2.55. The van der Waals surface area contributed by atoms with E-state index >= 15 is 0 Å². The minimum atomic E-state index is -0.0615. The molecule has 0 saturated carbocycles. The second-order valence-corrected chi connectivity index (χ2v) is 5.23. The zero-order valence-corrected chi connectivity index (χ0v) is 12.5. The molecular weight excluding hydrogens is 252 g/mol. The topological polar surface area (TPSA) is 44.7 Å². The number of hydrogen-bond donors (Lipinski definition) is 2. The van der Waals surface area contributed by atoms with Crippen LogP contribution in [-0.4, -0.2) is 44.1 Å². The molecule has 2 rings (SSSR count). The minimum absolute atomic E-state index is 0.0615. The van der Waals surface area contributed by atoms with E-state index in [1.54, 1.807) is 0 Å². The van der Waals surface area contributed by atoms with Crippen LogP contribution in [0.15, 0.2) is 24.3 Å². The fourth-order valence-corrected chi connectivity index (χ4v) is 2.73. The van der Waals surface area contributed by atoms with E-state index in [2.05, 4.69) is 48.3 Å². The Kier molecular flexibility index (Phi) is 5.83. The minimum Gasteiger partial charge on any atom is -0.394 e. The lowest BCUT2D eigenvalue weighted by Crippen LogP contribution is -2.44. The van der Waals surface area contributed by atoms with E-state index in [1.165, 1.54) is 11.3 Å². The van der Waals surface area contributed by atoms with Crippen molar-refractivity contribution in [3.05, 3.63) is 29.8 Å². The van der Waals surface area contributed by atoms with E-state index in [9.17, 15) is 5.11 Å². The highest BCUT2D eigenvalue weighted by molar-refractivity contribution is 5.48. The first-order chi connectivity index (χ1) is 9.78. The molecule has 0 aromatic heterocycles. The summed E-state index contributed by atoms with van der Waals surface area (Å²) >= 11 is 0. The maximum atomic E-state index is 9.20. The van der Waals surface area contributed by atoms with Crippen molar-refractivity contribution < 1.29 is 9.84 Å². The van der Waals surface area contributed by atoms with Crippen molar-refractivity contribution in [3.63, 3.8) is 0 Å². The van der Waals surface area contributed by atoms with Crippen LogP contribution < -0.4 is 10.2 Å². The Morgan fingerprint density at radius 3 is 2.70 bits per heavy atom. The number of nitrogens with zero attached hydrogens (tertiary/aromatic N) is 1. The van der Waals surface area contributed by atoms with Crippen molar-refractivity contribution in [3.8, 4) is 0 Å². The van der Waals surface area contributed by atoms with Gasteiger partial charge in [0, 0.05) is 24.8 Å². The molecule has 0 radical (unpaired) electrons. The Morgan fingerprint density at radius 2 is 2.10 bits per heavy atom. The highest BCUT2D eigenvalue weighted by Gasteiger charge is 2.20. The van der Waals surface area contributed by atoms with Crippen molar-refractivity contribution in [1.29, 1.82) is 0 Å². The van der Waals surface area contributed by atoms with E-state index < -0.39 is 0 Å². The Balaban J connectivity index is 2.03. The predicted molar refractivity (Wildman–Crippen MR) is 82.2 cm³/mol. The zero-order valence-electron chi connectivity index (χ0n) is 12.5. The summed E-state index contributed by atoms with van der Waals surface area (Å²) in [5, 5.41) is 12.7. The molecule has 1 aromatic rings. The van der Waals surface area contributed by atoms with Crippen LogP contribution in [0.4, 0.5) is 5.69 Å². The first kappa shape index (κ1) is 15.3. The summed E-state index contributed by atoms with van der Waals surface area (Å²) in [6.45, 7) is 7.76. The standard InChI is InChI=1S/C16H26N2O2/c1-3-16(17-4-2)13-5-7-14(8-6-13)18-9-10-20-15(11-18)12-19/h5-8,15-17,19H,3-4,9-12H2,1-2H3. The average Bonchev–Trinajstić information content (AvgIpc) is 2.53. The van der Waals surface area contributed by atoms with E-state index in [0.717, 1.165) is 26.1 Å². The lowest BCUT2D eigenvalue weighted by molar-refractivity contribution is 0.00357. The highest BCUT2D eigenvalue weighted by Crippen LogP contribution is 2.22. The molecule has 1 aliphatic heterocycles. The number of morpholine rings is 1. The van der Waals surface area contributed by atoms with Crippen LogP contribution in [0.5, 0.6) is 0 Å². The Bertz CT molecular complexity index is 394. The third-order valence-corrected chi connectivity index (χ3v) is 3.86. The van der Waals surface area contributed by atoms with Crippen LogP contribution in [-0.2, 0) is 4.74 Å². The molecule has 0 amide bonds. The summed E-state index contributed by atoms with van der Waals surface area (Å²) < 4.78 is 5.49. The number of anilines is 1. The van der Waals surface area contributed by atoms with E-state index in [1.807, 2.05) is 0 Å². The number of hydrogen-bond acceptors (Lipinski definition) is 4. The normalized spacial score (nSPS) is 20.9. The molecule has 1 heterocycles. The molecule has 0 aliphatic carbocycles. The fourth-order valence-electron chi connectivity index (χ4n) is 2.73. The third kappa shape index (κ3) is 3.72. The van der Waals surface area contributed by atoms with E-state index in [4.69, 9.17) is 4.74 Å². The Labute approximate surface area is 121 Å². The van der Waals surface area contributed by atoms with E-state index in [-0.39, 0.29) is 12.7 Å². The van der Waals surface area contributed by atoms with Gasteiger partial charge in [0.05, 0.1) is 19.3 Å². The number of ether oxygens (including phenoxy) is 1. The molecular formula is C16H26N2O2. The van der Waals surface area contributed by atoms with Gasteiger partial charge in [0.25, 0.3) is 0 Å². The summed E-state index contributed by atoms with van der Waals surface area (Å²) in [6.07, 6.45) is 1.03. The largest absolute Gasteiger partial charge is 0.394 e. The van der Waals surface area contributed by atoms with Gasteiger partial charge in [-0.15, -0.1) is 0 Å². The van der Waals surface area contributed by atoms with Gasteiger partial charge in [-0.25, -0.2) is 0 Å². The molecule has 4 heteroatoms. The summed E-state index contributed by atoms with van der Waals surface area (Å²) in [5.74, 6) is 0. The quantitative estimate of drug-likeness (QED) is 0.835. The Hall–Kier alpha value is -1.10. The second kappa shape index (κ2) is 7.62. The number of aliphatic hydroxyl groups is 1. The molecule has 1 aromatic carbocycles. The van der Waals surface area contributed by atoms with Crippen molar-refractivity contribution in [1.82, 2.24) is 5.32 Å². The number of rotatable bonds is 6. The molecule has 112 valence electrons. The molecule has 0 bridgehead atoms. The number of nitrogens with one attached hydrogen (secondary N) is 1. The van der Waals surface area contributed by atoms with Crippen LogP contribution >= 0.6 is 0 Å². The van der Waals surface area contributed by atoms with Gasteiger partial charge in [-0.1, -0.05) is 26.0 Å². The van der Waals surface area contributed by atoms with Gasteiger partial charge in [0.1, 0.15) is 0 Å². The van der Waals surface area contributed by atoms with Crippen molar-refractivity contribution in [2.45, 2.75) is 32.4 Å². The summed E-state index contributed by atoms with van der Waals surface area (Å²) in [6, 6.07) is 9.19. The van der Waals surface area contributed by atoms with Crippen molar-refractivity contribution >= 4 is 5.69 Å². The van der Waals surface area contributed by atoms with Gasteiger partial charge >= 0.3 is 0 Å². The van der Waals surface area contributed by atoms with Crippen LogP contribution in [0.2, 0.25) is 0 Å². The molecule has 1 fully saturated rings. The fraction of sp³-hybridized carbons (Fsp3) is 0.625. The molecule has 2 N–H and O–H groups in total. The first-order valence-corrected chi connectivity index (χ1v) is 7.59. The number of aliphatic hydroxyl groups excluding tert-OH is 1. The SMILES string of the molecule is CCNC(CC)c1ccc(N2CCOC(CO)C2)cc1. The van der Waals surface area contributed by atoms with Gasteiger partial charge < -0.3 is 20.1 Å². The smallest absolute Gasteiger partial charge is 0.0980 e. The monoisotopic (exact) mass is 278 g/mol. The van der Waals surface area contributed by atoms with Crippen LogP contribution in [0.25, 0.3) is 0 Å². The molecule has 1 saturated heterocycles. The van der Waals surface area contributed by atoms with Gasteiger partial charge in [0.15, 0.2) is 0 Å². The molecule has 2 atom stereocenters. The van der Waals surface area contributed by atoms with Gasteiger partial charge in [-0.3, -0.25) is 0 Å². The maximum absolute atomic E-state index is 9.20. The van der Waals surface area contributed by atoms with Gasteiger partial charge in [-0.05, 0) is 30.7 Å². The van der Waals surface area contributed by atoms with Crippen LogP contribution in [0, 0.1) is 0 Å². The lowest BCUT2D eigenvalue weighted by Gasteiger charge is -2.34. The number of benzene rings is 1. The first-order valence-electron chi connectivity index (χ1n) is 7.59. The second-order valence-electron chi connectivity index (χ2n) is 5.23. The molecule has 20 heavy (non-hydrogen) atoms. The van der Waals surface area contributed by atoms with Crippen LogP contribution in [0.3, 0.4) is 0 Å². The van der Waals surface area contributed by atoms with Crippen molar-refractivity contribution in [2.75, 3.05) is 37.7 Å². The molecule has 4 nitrogen and oxygen atoms in total. The average molecular weight is 278 g/mol. The maximum Gasteiger partial charge on any atom is 0.0980 e. The molecule has 0 spiro atoms. The Morgan fingerprint density at radius 1 is 1.35 bits per heavy atom. The van der Waals surface area contributed by atoms with Gasteiger partial charge in [-0.2, -0.15) is 0 Å². The predicted octanol–water partition coefficient (Wildman–Crippen LogP) is 1.94. The zero-order chi connectivity index (χ0) is 14.4.